The first kappa shape index (κ1) is 15.2. The molecule has 1 aromatic rings. The SMILES string of the molecule is CC[C@@H](NC(=O)c1ccnn1C(C)C)C(=O)N(C)C. The molecule has 2 amide bonds. The third-order valence-corrected chi connectivity index (χ3v) is 2.84. The summed E-state index contributed by atoms with van der Waals surface area (Å²) >= 11 is 0. The van der Waals surface area contributed by atoms with Gasteiger partial charge in [0.2, 0.25) is 5.91 Å². The molecule has 19 heavy (non-hydrogen) atoms. The third kappa shape index (κ3) is 3.56. The first-order valence-electron chi connectivity index (χ1n) is 6.44. The summed E-state index contributed by atoms with van der Waals surface area (Å²) < 4.78 is 1.64. The zero-order chi connectivity index (χ0) is 14.6. The van der Waals surface area contributed by atoms with Gasteiger partial charge in [0.25, 0.3) is 5.91 Å². The number of amides is 2. The molecule has 0 unspecified atom stereocenters. The molecule has 106 valence electrons. The van der Waals surface area contributed by atoms with Gasteiger partial charge in [-0.25, -0.2) is 0 Å². The Morgan fingerprint density at radius 1 is 1.42 bits per heavy atom. The lowest BCUT2D eigenvalue weighted by molar-refractivity contribution is -0.130. The van der Waals surface area contributed by atoms with E-state index in [0.29, 0.717) is 12.1 Å². The normalized spacial score (nSPS) is 12.3. The second kappa shape index (κ2) is 6.36. The number of nitrogens with one attached hydrogen (secondary N) is 1. The minimum absolute atomic E-state index is 0.0976. The van der Waals surface area contributed by atoms with Gasteiger partial charge in [0.05, 0.1) is 0 Å². The van der Waals surface area contributed by atoms with Crippen LogP contribution in [0.1, 0.15) is 43.7 Å². The van der Waals surface area contributed by atoms with Crippen molar-refractivity contribution in [1.29, 1.82) is 0 Å². The summed E-state index contributed by atoms with van der Waals surface area (Å²) in [5.74, 6) is -0.375. The maximum Gasteiger partial charge on any atom is 0.270 e. The first-order chi connectivity index (χ1) is 8.88. The smallest absolute Gasteiger partial charge is 0.270 e. The number of aromatic nitrogens is 2. The van der Waals surface area contributed by atoms with E-state index in [1.807, 2.05) is 20.8 Å². The molecule has 0 spiro atoms. The van der Waals surface area contributed by atoms with Gasteiger partial charge >= 0.3 is 0 Å². The molecule has 0 saturated carbocycles. The van der Waals surface area contributed by atoms with Gasteiger partial charge in [-0.3, -0.25) is 14.3 Å². The molecule has 0 saturated heterocycles. The van der Waals surface area contributed by atoms with Crippen molar-refractivity contribution >= 4 is 11.8 Å². The van der Waals surface area contributed by atoms with E-state index in [-0.39, 0.29) is 17.9 Å². The third-order valence-electron chi connectivity index (χ3n) is 2.84. The number of likely N-dealkylation sites (N-methyl/N-ethyl adjacent to an activating group) is 1. The van der Waals surface area contributed by atoms with E-state index in [2.05, 4.69) is 10.4 Å². The maximum absolute atomic E-state index is 12.2. The van der Waals surface area contributed by atoms with Crippen LogP contribution in [0.4, 0.5) is 0 Å². The summed E-state index contributed by atoms with van der Waals surface area (Å²) in [6, 6.07) is 1.25. The van der Waals surface area contributed by atoms with Crippen molar-refractivity contribution in [3.8, 4) is 0 Å². The minimum Gasteiger partial charge on any atom is -0.347 e. The van der Waals surface area contributed by atoms with E-state index in [1.54, 1.807) is 31.0 Å². The molecule has 1 atom stereocenters. The quantitative estimate of drug-likeness (QED) is 0.866. The summed E-state index contributed by atoms with van der Waals surface area (Å²) in [6.07, 6.45) is 2.14. The lowest BCUT2D eigenvalue weighted by Crippen LogP contribution is -2.46. The Hall–Kier alpha value is -1.85. The summed E-state index contributed by atoms with van der Waals surface area (Å²) in [7, 11) is 3.35. The van der Waals surface area contributed by atoms with Gasteiger partial charge in [-0.2, -0.15) is 5.10 Å². The van der Waals surface area contributed by atoms with Gasteiger partial charge in [0.15, 0.2) is 0 Å². The summed E-state index contributed by atoms with van der Waals surface area (Å²) in [5.41, 5.74) is 0.472. The highest BCUT2D eigenvalue weighted by Gasteiger charge is 2.23. The molecule has 1 rings (SSSR count). The lowest BCUT2D eigenvalue weighted by atomic mass is 10.2. The van der Waals surface area contributed by atoms with E-state index in [4.69, 9.17) is 0 Å². The standard InChI is InChI=1S/C13H22N4O2/c1-6-10(13(19)16(4)5)15-12(18)11-7-8-14-17(11)9(2)3/h7-10H,6H2,1-5H3,(H,15,18)/t10-/m1/s1. The number of hydrogen-bond donors (Lipinski definition) is 1. The lowest BCUT2D eigenvalue weighted by Gasteiger charge is -2.21. The molecule has 6 heteroatoms. The second-order valence-electron chi connectivity index (χ2n) is 4.92. The summed E-state index contributed by atoms with van der Waals surface area (Å²) in [6.45, 7) is 5.77. The Kier molecular flexibility index (Phi) is 5.09. The van der Waals surface area contributed by atoms with Crippen LogP contribution in [-0.2, 0) is 4.79 Å². The van der Waals surface area contributed by atoms with Crippen molar-refractivity contribution in [1.82, 2.24) is 20.0 Å². The van der Waals surface area contributed by atoms with Crippen LogP contribution < -0.4 is 5.32 Å². The molecule has 0 fully saturated rings. The highest BCUT2D eigenvalue weighted by molar-refractivity contribution is 5.96. The number of nitrogens with zero attached hydrogens (tertiary/aromatic N) is 3. The van der Waals surface area contributed by atoms with Crippen molar-refractivity contribution in [2.24, 2.45) is 0 Å². The van der Waals surface area contributed by atoms with Gasteiger partial charge in [0.1, 0.15) is 11.7 Å². The van der Waals surface area contributed by atoms with Crippen LogP contribution in [0.25, 0.3) is 0 Å². The van der Waals surface area contributed by atoms with Crippen LogP contribution in [0.15, 0.2) is 12.3 Å². The molecule has 0 aromatic carbocycles. The predicted molar refractivity (Wildman–Crippen MR) is 72.9 cm³/mol. The molecule has 0 radical (unpaired) electrons. The molecule has 0 aliphatic carbocycles. The minimum atomic E-state index is -0.502. The summed E-state index contributed by atoms with van der Waals surface area (Å²) in [4.78, 5) is 25.6. The van der Waals surface area contributed by atoms with E-state index in [9.17, 15) is 9.59 Å². The van der Waals surface area contributed by atoms with E-state index < -0.39 is 6.04 Å². The Morgan fingerprint density at radius 2 is 2.05 bits per heavy atom. The molecule has 0 aliphatic rings. The van der Waals surface area contributed by atoms with Crippen molar-refractivity contribution in [3.63, 3.8) is 0 Å². The number of carbonyl (C=O) groups excluding carboxylic acids is 2. The van der Waals surface area contributed by atoms with Crippen molar-refractivity contribution in [2.75, 3.05) is 14.1 Å². The van der Waals surface area contributed by atoms with Crippen molar-refractivity contribution in [3.05, 3.63) is 18.0 Å². The van der Waals surface area contributed by atoms with Crippen LogP contribution in [0.3, 0.4) is 0 Å². The van der Waals surface area contributed by atoms with Gasteiger partial charge < -0.3 is 10.2 Å². The monoisotopic (exact) mass is 266 g/mol. The van der Waals surface area contributed by atoms with Crippen molar-refractivity contribution in [2.45, 2.75) is 39.3 Å². The van der Waals surface area contributed by atoms with Gasteiger partial charge in [-0.1, -0.05) is 6.92 Å². The van der Waals surface area contributed by atoms with Gasteiger partial charge in [-0.15, -0.1) is 0 Å². The Labute approximate surface area is 113 Å². The topological polar surface area (TPSA) is 67.2 Å². The van der Waals surface area contributed by atoms with Crippen LogP contribution >= 0.6 is 0 Å². The van der Waals surface area contributed by atoms with Gasteiger partial charge in [-0.05, 0) is 26.3 Å². The number of hydrogen-bond acceptors (Lipinski definition) is 3. The Morgan fingerprint density at radius 3 is 2.53 bits per heavy atom. The fourth-order valence-electron chi connectivity index (χ4n) is 1.79. The maximum atomic E-state index is 12.2. The Bertz CT molecular complexity index is 451. The number of carbonyl (C=O) groups is 2. The molecular weight excluding hydrogens is 244 g/mol. The average Bonchev–Trinajstić information content (AvgIpc) is 2.83. The number of rotatable bonds is 5. The largest absolute Gasteiger partial charge is 0.347 e. The molecule has 0 bridgehead atoms. The van der Waals surface area contributed by atoms with Crippen LogP contribution in [0, 0.1) is 0 Å². The molecule has 1 N–H and O–H groups in total. The molecule has 1 aromatic heterocycles. The second-order valence-corrected chi connectivity index (χ2v) is 4.92. The van der Waals surface area contributed by atoms with Crippen LogP contribution in [-0.4, -0.2) is 46.6 Å². The zero-order valence-electron chi connectivity index (χ0n) is 12.2. The van der Waals surface area contributed by atoms with Crippen molar-refractivity contribution < 1.29 is 9.59 Å². The zero-order valence-corrected chi connectivity index (χ0v) is 12.2. The van der Waals surface area contributed by atoms with E-state index in [1.165, 1.54) is 4.90 Å². The van der Waals surface area contributed by atoms with Gasteiger partial charge in [0, 0.05) is 26.3 Å². The predicted octanol–water partition coefficient (Wildman–Crippen LogP) is 1.06. The highest BCUT2D eigenvalue weighted by atomic mass is 16.2. The molecule has 0 aliphatic heterocycles. The first-order valence-corrected chi connectivity index (χ1v) is 6.44. The summed E-state index contributed by atoms with van der Waals surface area (Å²) in [5, 5.41) is 6.86. The highest BCUT2D eigenvalue weighted by Crippen LogP contribution is 2.08. The molecule has 6 nitrogen and oxygen atoms in total. The molecule has 1 heterocycles. The van der Waals surface area contributed by atoms with E-state index in [0.717, 1.165) is 0 Å². The fourth-order valence-corrected chi connectivity index (χ4v) is 1.79. The fraction of sp³-hybridized carbons (Fsp3) is 0.615. The van der Waals surface area contributed by atoms with Crippen LogP contribution in [0.5, 0.6) is 0 Å². The van der Waals surface area contributed by atoms with E-state index >= 15 is 0 Å². The Balaban J connectivity index is 2.83. The molecular formula is C13H22N4O2. The average molecular weight is 266 g/mol. The van der Waals surface area contributed by atoms with Crippen LogP contribution in [0.2, 0.25) is 0 Å².